The Bertz CT molecular complexity index is 738. The van der Waals surface area contributed by atoms with E-state index in [0.717, 1.165) is 3.57 Å². The Labute approximate surface area is 137 Å². The molecular weight excluding hydrogens is 403 g/mol. The third-order valence-corrected chi connectivity index (χ3v) is 5.34. The maximum Gasteiger partial charge on any atom is 0.295 e. The predicted molar refractivity (Wildman–Crippen MR) is 88.5 cm³/mol. The van der Waals surface area contributed by atoms with E-state index in [4.69, 9.17) is 4.42 Å². The van der Waals surface area contributed by atoms with Crippen molar-refractivity contribution in [2.45, 2.75) is 30.5 Å². The first-order valence-corrected chi connectivity index (χ1v) is 9.20. The van der Waals surface area contributed by atoms with Gasteiger partial charge < -0.3 is 9.73 Å². The van der Waals surface area contributed by atoms with Crippen molar-refractivity contribution in [3.63, 3.8) is 0 Å². The minimum atomic E-state index is -3.69. The largest absolute Gasteiger partial charge is 0.446 e. The van der Waals surface area contributed by atoms with Crippen LogP contribution in [0.3, 0.4) is 0 Å². The van der Waals surface area contributed by atoms with E-state index in [0.29, 0.717) is 24.0 Å². The van der Waals surface area contributed by atoms with Gasteiger partial charge in [-0.25, -0.2) is 0 Å². The van der Waals surface area contributed by atoms with Crippen LogP contribution in [0.4, 0.5) is 5.69 Å². The molecule has 112 valence electrons. The molecule has 0 amide bonds. The van der Waals surface area contributed by atoms with E-state index >= 15 is 0 Å². The number of halogens is 1. The molecule has 0 atom stereocenters. The normalized spacial score (nSPS) is 15.1. The van der Waals surface area contributed by atoms with Crippen LogP contribution in [0.1, 0.15) is 18.6 Å². The summed E-state index contributed by atoms with van der Waals surface area (Å²) in [5.74, 6) is 0.630. The Hall–Kier alpha value is -1.06. The van der Waals surface area contributed by atoms with E-state index in [9.17, 15) is 8.42 Å². The second kappa shape index (κ2) is 5.98. The monoisotopic (exact) mass is 418 g/mol. The Kier molecular flexibility index (Phi) is 4.23. The van der Waals surface area contributed by atoms with Crippen LogP contribution in [-0.4, -0.2) is 14.5 Å². The van der Waals surface area contributed by atoms with Gasteiger partial charge in [0.15, 0.2) is 0 Å². The molecule has 2 N–H and O–H groups in total. The number of anilines is 1. The van der Waals surface area contributed by atoms with Gasteiger partial charge in [-0.2, -0.15) is 8.42 Å². The van der Waals surface area contributed by atoms with Gasteiger partial charge in [0.2, 0.25) is 5.09 Å². The predicted octanol–water partition coefficient (Wildman–Crippen LogP) is 2.94. The third kappa shape index (κ3) is 3.78. The van der Waals surface area contributed by atoms with Crippen LogP contribution in [0, 0.1) is 3.57 Å². The van der Waals surface area contributed by atoms with Crippen molar-refractivity contribution in [2.24, 2.45) is 0 Å². The highest BCUT2D eigenvalue weighted by molar-refractivity contribution is 14.1. The van der Waals surface area contributed by atoms with Gasteiger partial charge in [-0.1, -0.05) is 12.1 Å². The van der Waals surface area contributed by atoms with Crippen molar-refractivity contribution in [3.8, 4) is 0 Å². The number of furan rings is 1. The molecule has 1 aromatic carbocycles. The summed E-state index contributed by atoms with van der Waals surface area (Å²) in [4.78, 5) is 0. The van der Waals surface area contributed by atoms with Gasteiger partial charge in [-0.15, -0.1) is 0 Å². The van der Waals surface area contributed by atoms with Gasteiger partial charge in [0, 0.05) is 9.61 Å². The van der Waals surface area contributed by atoms with Crippen LogP contribution in [0.15, 0.2) is 45.9 Å². The summed E-state index contributed by atoms with van der Waals surface area (Å²) < 4.78 is 33.4. The molecule has 1 fully saturated rings. The second-order valence-electron chi connectivity index (χ2n) is 4.96. The van der Waals surface area contributed by atoms with Gasteiger partial charge >= 0.3 is 0 Å². The molecule has 0 radical (unpaired) electrons. The third-order valence-electron chi connectivity index (χ3n) is 3.16. The Balaban J connectivity index is 1.73. The summed E-state index contributed by atoms with van der Waals surface area (Å²) in [7, 11) is -3.69. The topological polar surface area (TPSA) is 71.3 Å². The Morgan fingerprint density at radius 2 is 1.95 bits per heavy atom. The molecule has 21 heavy (non-hydrogen) atoms. The zero-order valence-corrected chi connectivity index (χ0v) is 14.1. The zero-order valence-electron chi connectivity index (χ0n) is 11.2. The molecule has 7 heteroatoms. The van der Waals surface area contributed by atoms with Crippen molar-refractivity contribution in [3.05, 3.63) is 45.7 Å². The van der Waals surface area contributed by atoms with Crippen molar-refractivity contribution >= 4 is 38.3 Å². The molecule has 0 aliphatic heterocycles. The van der Waals surface area contributed by atoms with E-state index in [1.165, 1.54) is 18.9 Å². The van der Waals surface area contributed by atoms with Gasteiger partial charge in [0.05, 0.1) is 12.2 Å². The Morgan fingerprint density at radius 1 is 1.19 bits per heavy atom. The maximum absolute atomic E-state index is 12.3. The maximum atomic E-state index is 12.3. The molecule has 0 spiro atoms. The summed E-state index contributed by atoms with van der Waals surface area (Å²) in [6, 6.07) is 10.9. The van der Waals surface area contributed by atoms with E-state index in [1.807, 2.05) is 12.1 Å². The lowest BCUT2D eigenvalue weighted by molar-refractivity contribution is 0.403. The first-order chi connectivity index (χ1) is 10.0. The lowest BCUT2D eigenvalue weighted by Crippen LogP contribution is -2.15. The molecule has 0 bridgehead atoms. The highest BCUT2D eigenvalue weighted by Gasteiger charge is 2.22. The van der Waals surface area contributed by atoms with Gasteiger partial charge in [0.1, 0.15) is 5.76 Å². The van der Waals surface area contributed by atoms with Gasteiger partial charge in [0.25, 0.3) is 10.0 Å². The van der Waals surface area contributed by atoms with Crippen molar-refractivity contribution in [2.75, 3.05) is 4.72 Å². The summed E-state index contributed by atoms with van der Waals surface area (Å²) >= 11 is 2.08. The fraction of sp³-hybridized carbons (Fsp3) is 0.286. The highest BCUT2D eigenvalue weighted by Crippen LogP contribution is 2.23. The molecule has 5 nitrogen and oxygen atoms in total. The standard InChI is InChI=1S/C14H15IN2O3S/c15-12-3-1-2-4-13(12)17-21(18,19)14-8-7-11(20-14)9-16-10-5-6-10/h1-4,7-8,10,16-17H,5-6,9H2. The van der Waals surface area contributed by atoms with Gasteiger partial charge in [-0.05, 0) is 59.7 Å². The number of sulfonamides is 1. The lowest BCUT2D eigenvalue weighted by atomic mass is 10.3. The van der Waals surface area contributed by atoms with Crippen molar-refractivity contribution in [1.29, 1.82) is 0 Å². The molecule has 0 saturated heterocycles. The van der Waals surface area contributed by atoms with Crippen LogP contribution >= 0.6 is 22.6 Å². The van der Waals surface area contributed by atoms with Crippen LogP contribution < -0.4 is 10.0 Å². The van der Waals surface area contributed by atoms with E-state index in [1.54, 1.807) is 18.2 Å². The first kappa shape index (κ1) is 14.9. The molecule has 1 heterocycles. The number of nitrogens with one attached hydrogen (secondary N) is 2. The molecular formula is C14H15IN2O3S. The lowest BCUT2D eigenvalue weighted by Gasteiger charge is -2.07. The average Bonchev–Trinajstić information content (AvgIpc) is 3.15. The smallest absolute Gasteiger partial charge is 0.295 e. The number of benzene rings is 1. The number of rotatable bonds is 6. The Morgan fingerprint density at radius 3 is 2.67 bits per heavy atom. The van der Waals surface area contributed by atoms with Crippen LogP contribution in [0.25, 0.3) is 0 Å². The zero-order chi connectivity index (χ0) is 14.9. The van der Waals surface area contributed by atoms with Crippen LogP contribution in [0.2, 0.25) is 0 Å². The van der Waals surface area contributed by atoms with E-state index < -0.39 is 10.0 Å². The second-order valence-corrected chi connectivity index (χ2v) is 7.74. The first-order valence-electron chi connectivity index (χ1n) is 6.64. The number of hydrogen-bond acceptors (Lipinski definition) is 4. The summed E-state index contributed by atoms with van der Waals surface area (Å²) in [5, 5.41) is 3.23. The highest BCUT2D eigenvalue weighted by atomic mass is 127. The number of hydrogen-bond donors (Lipinski definition) is 2. The molecule has 1 aliphatic rings. The molecule has 0 unspecified atom stereocenters. The fourth-order valence-electron chi connectivity index (χ4n) is 1.87. The summed E-state index contributed by atoms with van der Waals surface area (Å²) in [6.45, 7) is 0.559. The molecule has 3 rings (SSSR count). The van der Waals surface area contributed by atoms with Crippen LogP contribution in [-0.2, 0) is 16.6 Å². The summed E-state index contributed by atoms with van der Waals surface area (Å²) in [5.41, 5.74) is 0.548. The minimum Gasteiger partial charge on any atom is -0.446 e. The average molecular weight is 418 g/mol. The SMILES string of the molecule is O=S(=O)(Nc1ccccc1I)c1ccc(CNC2CC2)o1. The quantitative estimate of drug-likeness (QED) is 0.708. The molecule has 1 aliphatic carbocycles. The summed E-state index contributed by atoms with van der Waals surface area (Å²) in [6.07, 6.45) is 2.36. The number of para-hydroxylation sites is 1. The molecule has 2 aromatic rings. The van der Waals surface area contributed by atoms with Crippen LogP contribution in [0.5, 0.6) is 0 Å². The fourth-order valence-corrected chi connectivity index (χ4v) is 3.61. The van der Waals surface area contributed by atoms with Crippen molar-refractivity contribution in [1.82, 2.24) is 5.32 Å². The van der Waals surface area contributed by atoms with E-state index in [-0.39, 0.29) is 5.09 Å². The molecule has 1 saturated carbocycles. The van der Waals surface area contributed by atoms with Crippen molar-refractivity contribution < 1.29 is 12.8 Å². The van der Waals surface area contributed by atoms with Gasteiger partial charge in [-0.3, -0.25) is 4.72 Å². The van der Waals surface area contributed by atoms with E-state index in [2.05, 4.69) is 32.6 Å². The molecule has 1 aromatic heterocycles. The minimum absolute atomic E-state index is 0.0604.